The van der Waals surface area contributed by atoms with Gasteiger partial charge in [-0.1, -0.05) is 0 Å². The van der Waals surface area contributed by atoms with Crippen LogP contribution in [0.15, 0.2) is 27.7 Å². The lowest BCUT2D eigenvalue weighted by Gasteiger charge is -2.20. The van der Waals surface area contributed by atoms with Gasteiger partial charge in [-0.15, -0.1) is 0 Å². The number of H-pyrrole nitrogens is 1. The number of hydrogen-bond acceptors (Lipinski definition) is 9. The summed E-state index contributed by atoms with van der Waals surface area (Å²) in [6.07, 6.45) is 0.476. The summed E-state index contributed by atoms with van der Waals surface area (Å²) >= 11 is 0. The van der Waals surface area contributed by atoms with Crippen molar-refractivity contribution in [2.75, 3.05) is 28.0 Å². The first-order chi connectivity index (χ1) is 13.0. The Morgan fingerprint density at radius 3 is 2.43 bits per heavy atom. The molecule has 0 aliphatic carbocycles. The van der Waals surface area contributed by atoms with Gasteiger partial charge >= 0.3 is 20.9 Å². The van der Waals surface area contributed by atoms with Crippen molar-refractivity contribution in [2.45, 2.75) is 31.8 Å². The van der Waals surface area contributed by atoms with E-state index in [2.05, 4.69) is 4.98 Å². The molecule has 0 saturated carbocycles. The second-order valence-electron chi connectivity index (χ2n) is 6.11. The summed E-state index contributed by atoms with van der Waals surface area (Å²) in [5.74, 6) is 1.20. The van der Waals surface area contributed by atoms with Crippen LogP contribution in [0.2, 0.25) is 0 Å². The molecule has 28 heavy (non-hydrogen) atoms. The molecule has 13 heteroatoms. The van der Waals surface area contributed by atoms with Gasteiger partial charge in [0.15, 0.2) is 0 Å². The molecule has 1 saturated heterocycles. The van der Waals surface area contributed by atoms with Gasteiger partial charge in [0.25, 0.3) is 5.56 Å². The van der Waals surface area contributed by atoms with Gasteiger partial charge in [0, 0.05) is 52.0 Å². The first kappa shape index (κ1) is 23.0. The van der Waals surface area contributed by atoms with Crippen molar-refractivity contribution >= 4 is 15.2 Å². The average Bonchev–Trinajstić information content (AvgIpc) is 3.04. The maximum atomic E-state index is 12.3. The highest BCUT2D eigenvalue weighted by atomic mass is 31.2. The predicted molar refractivity (Wildman–Crippen MR) is 101 cm³/mol. The van der Waals surface area contributed by atoms with Crippen molar-refractivity contribution in [3.05, 3.63) is 44.5 Å². The van der Waals surface area contributed by atoms with E-state index in [1.54, 1.807) is 6.92 Å². The third kappa shape index (κ3) is 5.39. The second-order valence-corrected chi connectivity index (χ2v) is 10.3. The van der Waals surface area contributed by atoms with Crippen molar-refractivity contribution in [1.82, 2.24) is 9.55 Å². The van der Waals surface area contributed by atoms with E-state index in [1.165, 1.54) is 50.7 Å². The minimum atomic E-state index is -3.47. The molecule has 0 radical (unpaired) electrons. The van der Waals surface area contributed by atoms with Crippen LogP contribution in [0.3, 0.4) is 0 Å². The highest BCUT2D eigenvalue weighted by molar-refractivity contribution is 7.57. The summed E-state index contributed by atoms with van der Waals surface area (Å²) in [6.45, 7) is 2.85. The summed E-state index contributed by atoms with van der Waals surface area (Å²) in [5.41, 5.74) is -0.835. The largest absolute Gasteiger partial charge is 0.353 e. The summed E-state index contributed by atoms with van der Waals surface area (Å²) in [6, 6.07) is 0. The molecular formula is C15H24N2O9P2. The maximum absolute atomic E-state index is 12.3. The van der Waals surface area contributed by atoms with E-state index < -0.39 is 44.9 Å². The van der Waals surface area contributed by atoms with Gasteiger partial charge in [0.05, 0.1) is 0 Å². The molecule has 2 rings (SSSR count). The van der Waals surface area contributed by atoms with Crippen LogP contribution in [-0.2, 0) is 32.0 Å². The van der Waals surface area contributed by atoms with Gasteiger partial charge in [-0.2, -0.15) is 0 Å². The van der Waals surface area contributed by atoms with E-state index in [0.29, 0.717) is 5.56 Å². The molecule has 1 fully saturated rings. The molecule has 1 aliphatic heterocycles. The van der Waals surface area contributed by atoms with Crippen molar-refractivity contribution in [2.24, 2.45) is 0 Å². The van der Waals surface area contributed by atoms with Crippen LogP contribution in [0.4, 0.5) is 0 Å². The molecule has 1 aliphatic rings. The van der Waals surface area contributed by atoms with Gasteiger partial charge in [-0.25, -0.2) is 4.79 Å². The molecule has 0 bridgehead atoms. The Hall–Kier alpha value is -1.32. The number of nitrogens with zero attached hydrogens (tertiary/aromatic N) is 1. The lowest BCUT2D eigenvalue weighted by Crippen LogP contribution is -2.33. The predicted octanol–water partition coefficient (Wildman–Crippen LogP) is 1.99. The molecule has 11 nitrogen and oxygen atoms in total. The summed E-state index contributed by atoms with van der Waals surface area (Å²) in [5, 5.41) is 0. The van der Waals surface area contributed by atoms with Gasteiger partial charge < -0.3 is 22.8 Å². The van der Waals surface area contributed by atoms with Gasteiger partial charge in [0.1, 0.15) is 18.4 Å². The highest BCUT2D eigenvalue weighted by Gasteiger charge is 2.40. The van der Waals surface area contributed by atoms with E-state index in [1.807, 2.05) is 0 Å². The maximum Gasteiger partial charge on any atom is 0.353 e. The molecule has 4 atom stereocenters. The van der Waals surface area contributed by atoms with E-state index >= 15 is 0 Å². The minimum absolute atomic E-state index is 0.131. The Labute approximate surface area is 161 Å². The van der Waals surface area contributed by atoms with Crippen LogP contribution in [0.5, 0.6) is 0 Å². The first-order valence-corrected chi connectivity index (χ1v) is 11.8. The third-order valence-corrected chi connectivity index (χ3v) is 7.07. The second kappa shape index (κ2) is 9.00. The fourth-order valence-electron chi connectivity index (χ4n) is 2.58. The SMILES string of the molecule is COP(C)(=O)OC1CC(n2cc(C)c(=O)[nH]c2=O)OC1/C=C/P(=O)(OC)OC. The van der Waals surface area contributed by atoms with E-state index in [9.17, 15) is 18.7 Å². The van der Waals surface area contributed by atoms with E-state index in [0.717, 1.165) is 0 Å². The molecule has 0 spiro atoms. The number of ether oxygens (including phenoxy) is 1. The van der Waals surface area contributed by atoms with Crippen LogP contribution in [0, 0.1) is 6.92 Å². The van der Waals surface area contributed by atoms with Gasteiger partial charge in [0.2, 0.25) is 0 Å². The standard InChI is InChI=1S/C15H24N2O9P2/c1-10-9-17(15(19)16-14(10)18)13-8-12(26-27(5,20)22-2)11(25-13)6-7-28(21,23-3)24-4/h6-7,9,11-13H,8H2,1-5H3,(H,16,18,19)/b7-6+. The summed E-state index contributed by atoms with van der Waals surface area (Å²) in [7, 11) is -3.13. The summed E-state index contributed by atoms with van der Waals surface area (Å²) in [4.78, 5) is 25.9. The Bertz CT molecular complexity index is 930. The number of aromatic amines is 1. The van der Waals surface area contributed by atoms with E-state index in [4.69, 9.17) is 22.8 Å². The number of hydrogen-bond donors (Lipinski definition) is 1. The molecule has 0 aromatic carbocycles. The van der Waals surface area contributed by atoms with Crippen molar-refractivity contribution in [1.29, 1.82) is 0 Å². The number of rotatable bonds is 8. The quantitative estimate of drug-likeness (QED) is 0.605. The molecule has 0 amide bonds. The number of aryl methyl sites for hydroxylation is 1. The van der Waals surface area contributed by atoms with E-state index in [-0.39, 0.29) is 6.42 Å². The average molecular weight is 438 g/mol. The van der Waals surface area contributed by atoms with Crippen LogP contribution in [0.1, 0.15) is 18.2 Å². The highest BCUT2D eigenvalue weighted by Crippen LogP contribution is 2.50. The number of aromatic nitrogens is 2. The topological polar surface area (TPSA) is 135 Å². The fourth-order valence-corrected chi connectivity index (χ4v) is 4.14. The minimum Gasteiger partial charge on any atom is -0.348 e. The zero-order valence-corrected chi connectivity index (χ0v) is 18.0. The molecule has 4 unspecified atom stereocenters. The van der Waals surface area contributed by atoms with Crippen LogP contribution in [-0.4, -0.2) is 49.8 Å². The Kier molecular flexibility index (Phi) is 7.38. The number of nitrogens with one attached hydrogen (secondary N) is 1. The van der Waals surface area contributed by atoms with Crippen molar-refractivity contribution in [3.63, 3.8) is 0 Å². The Morgan fingerprint density at radius 1 is 1.21 bits per heavy atom. The van der Waals surface area contributed by atoms with Crippen molar-refractivity contribution < 1.29 is 32.0 Å². The lowest BCUT2D eigenvalue weighted by atomic mass is 10.2. The Balaban J connectivity index is 2.36. The molecule has 2 heterocycles. The fraction of sp³-hybridized carbons (Fsp3) is 0.600. The smallest absolute Gasteiger partial charge is 0.348 e. The van der Waals surface area contributed by atoms with Crippen LogP contribution < -0.4 is 11.2 Å². The monoisotopic (exact) mass is 438 g/mol. The molecule has 158 valence electrons. The first-order valence-electron chi connectivity index (χ1n) is 8.24. The zero-order valence-electron chi connectivity index (χ0n) is 16.2. The normalized spacial score (nSPS) is 25.2. The van der Waals surface area contributed by atoms with Crippen LogP contribution in [0.25, 0.3) is 0 Å². The molecule has 1 N–H and O–H groups in total. The zero-order chi connectivity index (χ0) is 21.1. The molecular weight excluding hydrogens is 414 g/mol. The summed E-state index contributed by atoms with van der Waals surface area (Å²) < 4.78 is 51.6. The van der Waals surface area contributed by atoms with Gasteiger partial charge in [-0.3, -0.25) is 23.5 Å². The lowest BCUT2D eigenvalue weighted by molar-refractivity contribution is 0.00652. The molecule has 1 aromatic rings. The Morgan fingerprint density at radius 2 is 1.86 bits per heavy atom. The van der Waals surface area contributed by atoms with Gasteiger partial charge in [-0.05, 0) is 13.0 Å². The third-order valence-electron chi connectivity index (χ3n) is 4.20. The van der Waals surface area contributed by atoms with Crippen molar-refractivity contribution in [3.8, 4) is 0 Å². The van der Waals surface area contributed by atoms with Crippen LogP contribution >= 0.6 is 15.2 Å². The molecule has 1 aromatic heterocycles.